The fourth-order valence-electron chi connectivity index (χ4n) is 3.78. The average molecular weight is 535 g/mol. The molecule has 0 fully saturated rings. The molecule has 0 amide bonds. The minimum atomic E-state index is -0.276. The molecule has 0 aliphatic rings. The van der Waals surface area contributed by atoms with Gasteiger partial charge in [-0.05, 0) is 65.9 Å². The van der Waals surface area contributed by atoms with E-state index in [1.165, 1.54) is 0 Å². The van der Waals surface area contributed by atoms with Crippen LogP contribution in [0.4, 0.5) is 0 Å². The summed E-state index contributed by atoms with van der Waals surface area (Å²) in [5.41, 5.74) is 3.75. The molecule has 3 aromatic carbocycles. The summed E-state index contributed by atoms with van der Waals surface area (Å²) in [7, 11) is 0. The van der Waals surface area contributed by atoms with Gasteiger partial charge in [-0.2, -0.15) is 0 Å². The molecule has 3 aromatic rings. The van der Waals surface area contributed by atoms with E-state index in [-0.39, 0.29) is 5.97 Å². The Kier molecular flexibility index (Phi) is 14.0. The van der Waals surface area contributed by atoms with E-state index >= 15 is 0 Å². The van der Waals surface area contributed by atoms with Gasteiger partial charge in [-0.15, -0.1) is 0 Å². The van der Waals surface area contributed by atoms with E-state index in [2.05, 4.69) is 13.8 Å². The van der Waals surface area contributed by atoms with E-state index in [9.17, 15) is 4.79 Å². The van der Waals surface area contributed by atoms with E-state index < -0.39 is 0 Å². The molecule has 0 aliphatic heterocycles. The summed E-state index contributed by atoms with van der Waals surface area (Å²) in [6.07, 6.45) is 5.30. The van der Waals surface area contributed by atoms with Gasteiger partial charge in [0.2, 0.25) is 0 Å². The molecule has 0 N–H and O–H groups in total. The Bertz CT molecular complexity index is 1060. The van der Waals surface area contributed by atoms with Crippen molar-refractivity contribution < 1.29 is 28.5 Å². The van der Waals surface area contributed by atoms with Crippen LogP contribution in [0.25, 0.3) is 11.1 Å². The number of ether oxygens (including phenoxy) is 5. The zero-order valence-corrected chi connectivity index (χ0v) is 23.4. The number of esters is 1. The normalized spacial score (nSPS) is 10.8. The Morgan fingerprint density at radius 2 is 1.13 bits per heavy atom. The quantitative estimate of drug-likeness (QED) is 0.117. The van der Waals surface area contributed by atoms with Crippen LogP contribution < -0.4 is 9.47 Å². The van der Waals surface area contributed by atoms with Crippen LogP contribution in [0, 0.1) is 0 Å². The van der Waals surface area contributed by atoms with Gasteiger partial charge in [0.15, 0.2) is 0 Å². The summed E-state index contributed by atoms with van der Waals surface area (Å²) in [6, 6.07) is 23.4. The Hall–Kier alpha value is -3.35. The summed E-state index contributed by atoms with van der Waals surface area (Å²) >= 11 is 0. The van der Waals surface area contributed by atoms with E-state index in [4.69, 9.17) is 23.7 Å². The second kappa shape index (κ2) is 18.0. The molecule has 39 heavy (non-hydrogen) atoms. The molecule has 0 saturated heterocycles. The minimum Gasteiger partial charge on any atom is -0.491 e. The first-order valence-electron chi connectivity index (χ1n) is 14.1. The van der Waals surface area contributed by atoms with Gasteiger partial charge in [0.05, 0.1) is 32.0 Å². The second-order valence-corrected chi connectivity index (χ2v) is 9.30. The largest absolute Gasteiger partial charge is 0.491 e. The van der Waals surface area contributed by atoms with Crippen molar-refractivity contribution in [3.05, 3.63) is 83.9 Å². The third kappa shape index (κ3) is 11.5. The third-order valence-corrected chi connectivity index (χ3v) is 6.13. The molecule has 0 atom stereocenters. The van der Waals surface area contributed by atoms with Crippen molar-refractivity contribution in [1.82, 2.24) is 0 Å². The molecule has 0 aliphatic carbocycles. The lowest BCUT2D eigenvalue weighted by Crippen LogP contribution is -2.11. The summed E-state index contributed by atoms with van der Waals surface area (Å²) in [4.78, 5) is 12.1. The van der Waals surface area contributed by atoms with Crippen LogP contribution in [0.5, 0.6) is 11.5 Å². The molecule has 0 bridgehead atoms. The fourth-order valence-corrected chi connectivity index (χ4v) is 3.78. The van der Waals surface area contributed by atoms with Crippen molar-refractivity contribution in [2.45, 2.75) is 52.6 Å². The number of unbranched alkanes of at least 4 members (excludes halogenated alkanes) is 3. The van der Waals surface area contributed by atoms with Gasteiger partial charge in [0.1, 0.15) is 24.7 Å². The van der Waals surface area contributed by atoms with Gasteiger partial charge in [0, 0.05) is 6.61 Å². The maximum absolute atomic E-state index is 12.1. The monoisotopic (exact) mass is 534 g/mol. The van der Waals surface area contributed by atoms with E-state index in [1.54, 1.807) is 12.1 Å². The fraction of sp³-hybridized carbons (Fsp3) is 0.424. The van der Waals surface area contributed by atoms with Gasteiger partial charge >= 0.3 is 5.97 Å². The first kappa shape index (κ1) is 30.2. The molecule has 3 rings (SSSR count). The van der Waals surface area contributed by atoms with E-state index in [1.807, 2.05) is 60.7 Å². The van der Waals surface area contributed by atoms with E-state index in [0.29, 0.717) is 45.2 Å². The second-order valence-electron chi connectivity index (χ2n) is 9.30. The number of hydrogen-bond acceptors (Lipinski definition) is 6. The molecule has 6 nitrogen and oxygen atoms in total. The number of benzene rings is 3. The van der Waals surface area contributed by atoms with Crippen LogP contribution in [0.3, 0.4) is 0 Å². The Labute approximate surface area is 233 Å². The van der Waals surface area contributed by atoms with Crippen LogP contribution in [0.1, 0.15) is 61.9 Å². The van der Waals surface area contributed by atoms with Crippen molar-refractivity contribution in [3.8, 4) is 22.6 Å². The lowest BCUT2D eigenvalue weighted by Gasteiger charge is -2.10. The van der Waals surface area contributed by atoms with Crippen LogP contribution in [-0.4, -0.2) is 45.6 Å². The molecule has 0 spiro atoms. The first-order chi connectivity index (χ1) is 19.2. The highest BCUT2D eigenvalue weighted by atomic mass is 16.5. The number of carbonyl (C=O) groups excluding carboxylic acids is 1. The average Bonchev–Trinajstić information content (AvgIpc) is 2.98. The summed E-state index contributed by atoms with van der Waals surface area (Å²) in [5, 5.41) is 0. The lowest BCUT2D eigenvalue weighted by molar-refractivity contribution is 0.0356. The zero-order chi connectivity index (χ0) is 27.5. The summed E-state index contributed by atoms with van der Waals surface area (Å²) in [5.74, 6) is 1.33. The molecule has 0 aromatic heterocycles. The highest BCUT2D eigenvalue weighted by Crippen LogP contribution is 2.25. The smallest absolute Gasteiger partial charge is 0.338 e. The summed E-state index contributed by atoms with van der Waals surface area (Å²) in [6.45, 7) is 8.23. The first-order valence-corrected chi connectivity index (χ1v) is 14.1. The number of rotatable bonds is 19. The maximum atomic E-state index is 12.1. The van der Waals surface area contributed by atoms with Gasteiger partial charge in [0.25, 0.3) is 0 Å². The molecule has 6 heteroatoms. The minimum absolute atomic E-state index is 0.276. The Morgan fingerprint density at radius 3 is 1.74 bits per heavy atom. The SMILES string of the molecule is CCCCCOC(=O)c1ccc(COc2ccc(-c3ccc(OCCOCCOCCCC)cc3)cc2)cc1. The van der Waals surface area contributed by atoms with Crippen LogP contribution >= 0.6 is 0 Å². The predicted octanol–water partition coefficient (Wildman–Crippen LogP) is 7.49. The number of hydrogen-bond donors (Lipinski definition) is 0. The van der Waals surface area contributed by atoms with Gasteiger partial charge in [-0.3, -0.25) is 0 Å². The molecular formula is C33H42O6. The predicted molar refractivity (Wildman–Crippen MR) is 155 cm³/mol. The van der Waals surface area contributed by atoms with Gasteiger partial charge < -0.3 is 23.7 Å². The lowest BCUT2D eigenvalue weighted by atomic mass is 10.1. The van der Waals surface area contributed by atoms with Crippen LogP contribution in [0.15, 0.2) is 72.8 Å². The standard InChI is InChI=1S/C33H42O6/c1-3-5-7-21-38-33(34)30-10-8-27(9-11-30)26-39-32-18-14-29(15-19-32)28-12-16-31(17-13-28)37-25-24-36-23-22-35-20-6-4-2/h8-19H,3-7,20-26H2,1-2H3. The van der Waals surface area contributed by atoms with Crippen LogP contribution in [-0.2, 0) is 20.8 Å². The van der Waals surface area contributed by atoms with Gasteiger partial charge in [-0.1, -0.05) is 69.5 Å². The maximum Gasteiger partial charge on any atom is 0.338 e. The topological polar surface area (TPSA) is 63.2 Å². The van der Waals surface area contributed by atoms with E-state index in [0.717, 1.165) is 66.9 Å². The van der Waals surface area contributed by atoms with Crippen molar-refractivity contribution >= 4 is 5.97 Å². The molecule has 0 radical (unpaired) electrons. The Morgan fingerprint density at radius 1 is 0.564 bits per heavy atom. The third-order valence-electron chi connectivity index (χ3n) is 6.13. The van der Waals surface area contributed by atoms with Crippen molar-refractivity contribution in [2.24, 2.45) is 0 Å². The van der Waals surface area contributed by atoms with Crippen LogP contribution in [0.2, 0.25) is 0 Å². The van der Waals surface area contributed by atoms with Crippen molar-refractivity contribution in [3.63, 3.8) is 0 Å². The zero-order valence-electron chi connectivity index (χ0n) is 23.4. The molecule has 0 saturated carbocycles. The molecule has 0 heterocycles. The highest BCUT2D eigenvalue weighted by molar-refractivity contribution is 5.89. The Balaban J connectivity index is 1.36. The molecule has 210 valence electrons. The van der Waals surface area contributed by atoms with Crippen molar-refractivity contribution in [1.29, 1.82) is 0 Å². The molecular weight excluding hydrogens is 492 g/mol. The highest BCUT2D eigenvalue weighted by Gasteiger charge is 2.07. The number of carbonyl (C=O) groups is 1. The summed E-state index contributed by atoms with van der Waals surface area (Å²) < 4.78 is 28.0. The molecule has 0 unspecified atom stereocenters. The van der Waals surface area contributed by atoms with Crippen molar-refractivity contribution in [2.75, 3.05) is 39.6 Å². The van der Waals surface area contributed by atoms with Gasteiger partial charge in [-0.25, -0.2) is 4.79 Å².